The number of nitrogens with one attached hydrogen (secondary N) is 1. The molecule has 1 aromatic heterocycles. The van der Waals surface area contributed by atoms with Gasteiger partial charge in [-0.15, -0.1) is 5.10 Å². The zero-order valence-electron chi connectivity index (χ0n) is 11.9. The highest BCUT2D eigenvalue weighted by molar-refractivity contribution is 5.94. The molecule has 5 nitrogen and oxygen atoms in total. The molecule has 0 aliphatic heterocycles. The van der Waals surface area contributed by atoms with Gasteiger partial charge in [-0.05, 0) is 25.1 Å². The maximum atomic E-state index is 12.2. The van der Waals surface area contributed by atoms with Crippen molar-refractivity contribution in [2.45, 2.75) is 32.7 Å². The third-order valence-corrected chi connectivity index (χ3v) is 2.97. The summed E-state index contributed by atoms with van der Waals surface area (Å²) in [5.41, 5.74) is 1.40. The minimum atomic E-state index is 0.0735. The minimum Gasteiger partial charge on any atom is -0.315 e. The number of para-hydroxylation sites is 1. The molecule has 0 atom stereocenters. The minimum absolute atomic E-state index is 0.0735. The Kier molecular flexibility index (Phi) is 5.01. The second-order valence-corrected chi connectivity index (χ2v) is 5.00. The molecule has 2 rings (SSSR count). The van der Waals surface area contributed by atoms with Crippen LogP contribution in [-0.2, 0) is 0 Å². The molecule has 0 fully saturated rings. The summed E-state index contributed by atoms with van der Waals surface area (Å²) in [6, 6.07) is 10.0. The first-order chi connectivity index (χ1) is 9.68. The summed E-state index contributed by atoms with van der Waals surface area (Å²) in [6.07, 6.45) is 2.85. The number of nitrogens with zero attached hydrogens (tertiary/aromatic N) is 3. The Morgan fingerprint density at radius 1 is 1.30 bits per heavy atom. The molecule has 106 valence electrons. The van der Waals surface area contributed by atoms with Gasteiger partial charge in [0.05, 0.1) is 11.9 Å². The van der Waals surface area contributed by atoms with Crippen molar-refractivity contribution < 1.29 is 4.79 Å². The van der Waals surface area contributed by atoms with E-state index in [1.807, 2.05) is 30.3 Å². The average molecular weight is 272 g/mol. The molecule has 0 saturated carbocycles. The molecule has 0 saturated heterocycles. The van der Waals surface area contributed by atoms with E-state index in [9.17, 15) is 4.79 Å². The molecular weight excluding hydrogens is 252 g/mol. The van der Waals surface area contributed by atoms with Crippen LogP contribution in [0.25, 0.3) is 5.69 Å². The summed E-state index contributed by atoms with van der Waals surface area (Å²) in [7, 11) is 0. The molecule has 0 unspecified atom stereocenters. The van der Waals surface area contributed by atoms with Crippen LogP contribution in [0.3, 0.4) is 0 Å². The van der Waals surface area contributed by atoms with E-state index in [1.54, 1.807) is 4.68 Å². The predicted octanol–water partition coefficient (Wildman–Crippen LogP) is 2.23. The second-order valence-electron chi connectivity index (χ2n) is 5.00. The molecular formula is C15H20N4O. The molecule has 0 aliphatic rings. The van der Waals surface area contributed by atoms with Gasteiger partial charge in [0.15, 0.2) is 5.78 Å². The van der Waals surface area contributed by atoms with E-state index in [2.05, 4.69) is 29.5 Å². The third kappa shape index (κ3) is 3.74. The SMILES string of the molecule is CC(C)NCCCC(=O)c1cnnn1-c1ccccc1. The number of hydrogen-bond acceptors (Lipinski definition) is 4. The van der Waals surface area contributed by atoms with Gasteiger partial charge in [0.2, 0.25) is 0 Å². The van der Waals surface area contributed by atoms with Crippen molar-refractivity contribution in [2.75, 3.05) is 6.54 Å². The molecule has 0 aliphatic carbocycles. The Hall–Kier alpha value is -2.01. The number of benzene rings is 1. The fourth-order valence-corrected chi connectivity index (χ4v) is 1.95. The highest BCUT2D eigenvalue weighted by atomic mass is 16.1. The maximum absolute atomic E-state index is 12.2. The summed E-state index contributed by atoms with van der Waals surface area (Å²) < 4.78 is 1.60. The van der Waals surface area contributed by atoms with Gasteiger partial charge in [0, 0.05) is 12.5 Å². The third-order valence-electron chi connectivity index (χ3n) is 2.97. The van der Waals surface area contributed by atoms with Crippen molar-refractivity contribution >= 4 is 5.78 Å². The first-order valence-corrected chi connectivity index (χ1v) is 6.91. The van der Waals surface area contributed by atoms with E-state index in [0.717, 1.165) is 18.7 Å². The molecule has 1 heterocycles. The van der Waals surface area contributed by atoms with Gasteiger partial charge in [0.1, 0.15) is 5.69 Å². The predicted molar refractivity (Wildman–Crippen MR) is 78.1 cm³/mol. The molecule has 2 aromatic rings. The van der Waals surface area contributed by atoms with E-state index < -0.39 is 0 Å². The molecule has 0 spiro atoms. The van der Waals surface area contributed by atoms with Gasteiger partial charge < -0.3 is 5.32 Å². The van der Waals surface area contributed by atoms with Crippen LogP contribution in [0.1, 0.15) is 37.2 Å². The Bertz CT molecular complexity index is 548. The lowest BCUT2D eigenvalue weighted by molar-refractivity contribution is 0.0972. The molecule has 0 amide bonds. The zero-order chi connectivity index (χ0) is 14.4. The number of carbonyl (C=O) groups excluding carboxylic acids is 1. The van der Waals surface area contributed by atoms with Crippen LogP contribution in [0.2, 0.25) is 0 Å². The smallest absolute Gasteiger partial charge is 0.183 e. The summed E-state index contributed by atoms with van der Waals surface area (Å²) in [4.78, 5) is 12.2. The molecule has 0 bridgehead atoms. The van der Waals surface area contributed by atoms with Crippen molar-refractivity contribution in [3.05, 3.63) is 42.2 Å². The van der Waals surface area contributed by atoms with E-state index >= 15 is 0 Å². The number of rotatable bonds is 7. The summed E-state index contributed by atoms with van der Waals surface area (Å²) in [5, 5.41) is 11.1. The van der Waals surface area contributed by atoms with Gasteiger partial charge in [0.25, 0.3) is 0 Å². The fourth-order valence-electron chi connectivity index (χ4n) is 1.95. The van der Waals surface area contributed by atoms with Crippen LogP contribution in [0.4, 0.5) is 0 Å². The van der Waals surface area contributed by atoms with Gasteiger partial charge in [-0.3, -0.25) is 4.79 Å². The summed E-state index contributed by atoms with van der Waals surface area (Å²) in [6.45, 7) is 5.03. The van der Waals surface area contributed by atoms with Gasteiger partial charge in [-0.2, -0.15) is 0 Å². The van der Waals surface area contributed by atoms with E-state index in [-0.39, 0.29) is 5.78 Å². The Labute approximate surface area is 119 Å². The van der Waals surface area contributed by atoms with Crippen molar-refractivity contribution in [3.63, 3.8) is 0 Å². The molecule has 5 heteroatoms. The number of carbonyl (C=O) groups is 1. The molecule has 0 radical (unpaired) electrons. The summed E-state index contributed by atoms with van der Waals surface area (Å²) in [5.74, 6) is 0.0735. The lowest BCUT2D eigenvalue weighted by Crippen LogP contribution is -2.24. The van der Waals surface area contributed by atoms with Crippen molar-refractivity contribution in [1.29, 1.82) is 0 Å². The highest BCUT2D eigenvalue weighted by Crippen LogP contribution is 2.11. The monoisotopic (exact) mass is 272 g/mol. The Morgan fingerprint density at radius 3 is 2.75 bits per heavy atom. The number of hydrogen-bond donors (Lipinski definition) is 1. The van der Waals surface area contributed by atoms with Crippen molar-refractivity contribution in [2.24, 2.45) is 0 Å². The Balaban J connectivity index is 1.99. The van der Waals surface area contributed by atoms with Crippen molar-refractivity contribution in [3.8, 4) is 5.69 Å². The number of aromatic nitrogens is 3. The molecule has 20 heavy (non-hydrogen) atoms. The largest absolute Gasteiger partial charge is 0.315 e. The van der Waals surface area contributed by atoms with E-state index in [1.165, 1.54) is 6.20 Å². The van der Waals surface area contributed by atoms with Gasteiger partial charge in [-0.25, -0.2) is 4.68 Å². The first-order valence-electron chi connectivity index (χ1n) is 6.91. The van der Waals surface area contributed by atoms with Crippen LogP contribution < -0.4 is 5.32 Å². The topological polar surface area (TPSA) is 59.8 Å². The van der Waals surface area contributed by atoms with Crippen molar-refractivity contribution in [1.82, 2.24) is 20.3 Å². The highest BCUT2D eigenvalue weighted by Gasteiger charge is 2.13. The maximum Gasteiger partial charge on any atom is 0.183 e. The quantitative estimate of drug-likeness (QED) is 0.620. The molecule has 1 aromatic carbocycles. The van der Waals surface area contributed by atoms with Crippen LogP contribution in [-0.4, -0.2) is 33.4 Å². The molecule has 1 N–H and O–H groups in total. The summed E-state index contributed by atoms with van der Waals surface area (Å²) >= 11 is 0. The van der Waals surface area contributed by atoms with Crippen LogP contribution in [0, 0.1) is 0 Å². The van der Waals surface area contributed by atoms with Gasteiger partial charge in [-0.1, -0.05) is 37.3 Å². The van der Waals surface area contributed by atoms with E-state index in [4.69, 9.17) is 0 Å². The van der Waals surface area contributed by atoms with Gasteiger partial charge >= 0.3 is 0 Å². The Morgan fingerprint density at radius 2 is 2.05 bits per heavy atom. The number of Topliss-reactive ketones (excluding diaryl/α,β-unsaturated/α-hetero) is 1. The van der Waals surface area contributed by atoms with E-state index in [0.29, 0.717) is 18.2 Å². The number of ketones is 1. The van der Waals surface area contributed by atoms with Crippen LogP contribution in [0.15, 0.2) is 36.5 Å². The lowest BCUT2D eigenvalue weighted by atomic mass is 10.1. The van der Waals surface area contributed by atoms with Crippen LogP contribution >= 0.6 is 0 Å². The fraction of sp³-hybridized carbons (Fsp3) is 0.400. The average Bonchev–Trinajstić information content (AvgIpc) is 2.93. The zero-order valence-corrected chi connectivity index (χ0v) is 11.9. The van der Waals surface area contributed by atoms with Crippen LogP contribution in [0.5, 0.6) is 0 Å². The first kappa shape index (κ1) is 14.4. The lowest BCUT2D eigenvalue weighted by Gasteiger charge is -2.08. The normalized spacial score (nSPS) is 10.9. The standard InChI is InChI=1S/C15H20N4O/c1-12(2)16-10-6-9-15(20)14-11-17-18-19(14)13-7-4-3-5-8-13/h3-5,7-8,11-12,16H,6,9-10H2,1-2H3. The second kappa shape index (κ2) is 6.96.